The summed E-state index contributed by atoms with van der Waals surface area (Å²) in [7, 11) is 0. The average molecular weight is 569 g/mol. The molecule has 7 rings (SSSR count). The van der Waals surface area contributed by atoms with Gasteiger partial charge in [-0.1, -0.05) is 42.2 Å². The molecule has 0 spiro atoms. The van der Waals surface area contributed by atoms with Gasteiger partial charge in [0.05, 0.1) is 28.9 Å². The third-order valence-corrected chi connectivity index (χ3v) is 7.84. The van der Waals surface area contributed by atoms with Crippen LogP contribution in [-0.4, -0.2) is 34.9 Å². The van der Waals surface area contributed by atoms with Crippen molar-refractivity contribution < 1.29 is 4.79 Å². The number of benzene rings is 2. The molecular weight excluding hydrogens is 540 g/mol. The molecule has 0 saturated heterocycles. The number of carbonyl (C=O) groups excluding carboxylic acids is 1. The quantitative estimate of drug-likeness (QED) is 0.309. The highest BCUT2D eigenvalue weighted by atomic mass is 16.2. The second-order valence-electron chi connectivity index (χ2n) is 10.6. The third kappa shape index (κ3) is 4.61. The molecule has 0 bridgehead atoms. The first kappa shape index (κ1) is 26.2. The van der Waals surface area contributed by atoms with E-state index in [-0.39, 0.29) is 16.9 Å². The molecule has 5 heterocycles. The van der Waals surface area contributed by atoms with Gasteiger partial charge >= 0.3 is 0 Å². The molecule has 0 radical (unpaired) electrons. The van der Waals surface area contributed by atoms with E-state index >= 15 is 0 Å². The minimum atomic E-state index is -0.573. The number of hydrogen-bond acceptors (Lipinski definition) is 6. The van der Waals surface area contributed by atoms with Crippen molar-refractivity contribution in [1.82, 2.24) is 34.3 Å². The van der Waals surface area contributed by atoms with Crippen LogP contribution < -0.4 is 16.6 Å². The Kier molecular flexibility index (Phi) is 6.47. The SMILES string of the molecule is C[C@H](NC(=O)c1c(N)nn2cccnc12)c1cc2cccc(C#Cc3cnn4c3CCCC4)c2c(=O)n1-c1ccccc1. The lowest BCUT2D eigenvalue weighted by atomic mass is 10.0. The number of hydrogen-bond donors (Lipinski definition) is 2. The number of rotatable bonds is 4. The second kappa shape index (κ2) is 10.6. The van der Waals surface area contributed by atoms with Gasteiger partial charge in [0.15, 0.2) is 11.5 Å². The van der Waals surface area contributed by atoms with Gasteiger partial charge in [0.1, 0.15) is 5.56 Å². The van der Waals surface area contributed by atoms with Crippen LogP contribution in [0, 0.1) is 11.8 Å². The fourth-order valence-corrected chi connectivity index (χ4v) is 5.77. The molecular formula is C33H28N8O2. The zero-order chi connectivity index (χ0) is 29.5. The summed E-state index contributed by atoms with van der Waals surface area (Å²) < 4.78 is 5.13. The number of aryl methyl sites for hydroxylation is 1. The lowest BCUT2D eigenvalue weighted by molar-refractivity contribution is 0.0941. The van der Waals surface area contributed by atoms with Crippen LogP contribution in [0.4, 0.5) is 5.82 Å². The number of carbonyl (C=O) groups is 1. The maximum absolute atomic E-state index is 14.3. The van der Waals surface area contributed by atoms with Gasteiger partial charge < -0.3 is 11.1 Å². The summed E-state index contributed by atoms with van der Waals surface area (Å²) in [5.74, 6) is 6.19. The molecule has 10 heteroatoms. The molecule has 0 unspecified atom stereocenters. The molecule has 0 aliphatic carbocycles. The van der Waals surface area contributed by atoms with Crippen LogP contribution >= 0.6 is 0 Å². The Balaban J connectivity index is 1.33. The number of aromatic nitrogens is 6. The highest BCUT2D eigenvalue weighted by molar-refractivity contribution is 6.04. The van der Waals surface area contributed by atoms with E-state index in [2.05, 4.69) is 32.3 Å². The molecule has 2 aromatic carbocycles. The number of nitrogens with one attached hydrogen (secondary N) is 1. The number of nitrogens with two attached hydrogens (primary N) is 1. The summed E-state index contributed by atoms with van der Waals surface area (Å²) in [5, 5.41) is 13.0. The van der Waals surface area contributed by atoms with Crippen LogP contribution in [-0.2, 0) is 13.0 Å². The zero-order valence-electron chi connectivity index (χ0n) is 23.5. The topological polar surface area (TPSA) is 125 Å². The van der Waals surface area contributed by atoms with Crippen molar-refractivity contribution in [3.63, 3.8) is 0 Å². The van der Waals surface area contributed by atoms with Gasteiger partial charge in [0.2, 0.25) is 0 Å². The van der Waals surface area contributed by atoms with Crippen molar-refractivity contribution in [3.8, 4) is 17.5 Å². The van der Waals surface area contributed by atoms with Crippen LogP contribution in [0.3, 0.4) is 0 Å². The number of fused-ring (bicyclic) bond motifs is 3. The summed E-state index contributed by atoms with van der Waals surface area (Å²) >= 11 is 0. The monoisotopic (exact) mass is 568 g/mol. The summed E-state index contributed by atoms with van der Waals surface area (Å²) in [4.78, 5) is 32.1. The molecule has 1 atom stereocenters. The molecule has 10 nitrogen and oxygen atoms in total. The van der Waals surface area contributed by atoms with E-state index in [4.69, 9.17) is 5.73 Å². The van der Waals surface area contributed by atoms with E-state index in [0.29, 0.717) is 28.0 Å². The number of nitrogens with zero attached hydrogens (tertiary/aromatic N) is 6. The third-order valence-electron chi connectivity index (χ3n) is 7.84. The number of nitrogen functional groups attached to an aromatic ring is 1. The first-order valence-electron chi connectivity index (χ1n) is 14.2. The first-order valence-corrected chi connectivity index (χ1v) is 14.2. The Bertz CT molecular complexity index is 2150. The predicted molar refractivity (Wildman–Crippen MR) is 164 cm³/mol. The van der Waals surface area contributed by atoms with Crippen LogP contribution in [0.15, 0.2) is 84.0 Å². The van der Waals surface area contributed by atoms with Crippen molar-refractivity contribution in [2.45, 2.75) is 38.8 Å². The minimum absolute atomic E-state index is 0.0743. The maximum Gasteiger partial charge on any atom is 0.264 e. The van der Waals surface area contributed by atoms with E-state index < -0.39 is 11.9 Å². The Morgan fingerprint density at radius 3 is 2.74 bits per heavy atom. The standard InChI is InChI=1S/C33H28N8O2/c1-21(37-32(42)29-30(34)38-40-18-8-16-35-31(29)40)27-19-23-10-7-9-22(14-15-24-20-36-39-17-6-5-13-26(24)39)28(23)33(43)41(27)25-11-3-2-4-12-25/h2-4,7-12,16,18-21H,5-6,13,17H2,1H3,(H2,34,38)(H,37,42)/t21-/m0/s1. The van der Waals surface area contributed by atoms with E-state index in [1.165, 1.54) is 4.52 Å². The van der Waals surface area contributed by atoms with Crippen molar-refractivity contribution in [1.29, 1.82) is 0 Å². The van der Waals surface area contributed by atoms with Gasteiger partial charge in [-0.25, -0.2) is 9.50 Å². The molecule has 6 aromatic rings. The van der Waals surface area contributed by atoms with Crippen molar-refractivity contribution in [3.05, 3.63) is 118 Å². The summed E-state index contributed by atoms with van der Waals surface area (Å²) in [6, 6.07) is 18.1. The lowest BCUT2D eigenvalue weighted by Crippen LogP contribution is -2.32. The van der Waals surface area contributed by atoms with Crippen LogP contribution in [0.1, 0.15) is 58.7 Å². The Labute approximate surface area is 246 Å². The molecule has 4 aromatic heterocycles. The van der Waals surface area contributed by atoms with Gasteiger partial charge in [-0.2, -0.15) is 5.10 Å². The lowest BCUT2D eigenvalue weighted by Gasteiger charge is -2.21. The van der Waals surface area contributed by atoms with Gasteiger partial charge in [-0.05, 0) is 61.9 Å². The zero-order valence-corrected chi connectivity index (χ0v) is 23.5. The van der Waals surface area contributed by atoms with E-state index in [9.17, 15) is 9.59 Å². The van der Waals surface area contributed by atoms with Gasteiger partial charge in [0.25, 0.3) is 11.5 Å². The molecule has 3 N–H and O–H groups in total. The van der Waals surface area contributed by atoms with Crippen LogP contribution in [0.5, 0.6) is 0 Å². The molecule has 212 valence electrons. The molecule has 1 aliphatic rings. The first-order chi connectivity index (χ1) is 21.0. The van der Waals surface area contributed by atoms with E-state index in [1.807, 2.05) is 72.4 Å². The average Bonchev–Trinajstić information content (AvgIpc) is 3.60. The number of para-hydroxylation sites is 1. The highest BCUT2D eigenvalue weighted by Crippen LogP contribution is 2.25. The van der Waals surface area contributed by atoms with Gasteiger partial charge in [0, 0.05) is 35.9 Å². The maximum atomic E-state index is 14.3. The van der Waals surface area contributed by atoms with Crippen molar-refractivity contribution in [2.75, 3.05) is 5.73 Å². The Hall–Kier alpha value is -5.69. The molecule has 43 heavy (non-hydrogen) atoms. The summed E-state index contributed by atoms with van der Waals surface area (Å²) in [5.41, 5.74) is 10.4. The van der Waals surface area contributed by atoms with Crippen molar-refractivity contribution >= 4 is 28.1 Å². The minimum Gasteiger partial charge on any atom is -0.381 e. The largest absolute Gasteiger partial charge is 0.381 e. The van der Waals surface area contributed by atoms with Crippen LogP contribution in [0.2, 0.25) is 0 Å². The summed E-state index contributed by atoms with van der Waals surface area (Å²) in [6.07, 6.45) is 8.26. The molecule has 1 amide bonds. The number of pyridine rings is 1. The van der Waals surface area contributed by atoms with Crippen LogP contribution in [0.25, 0.3) is 22.1 Å². The van der Waals surface area contributed by atoms with E-state index in [1.54, 1.807) is 23.0 Å². The normalized spacial score (nSPS) is 13.3. The molecule has 0 fully saturated rings. The van der Waals surface area contributed by atoms with E-state index in [0.717, 1.165) is 42.5 Å². The Morgan fingerprint density at radius 1 is 1.05 bits per heavy atom. The molecule has 0 saturated carbocycles. The molecule has 1 aliphatic heterocycles. The fourth-order valence-electron chi connectivity index (χ4n) is 5.77. The van der Waals surface area contributed by atoms with Gasteiger partial charge in [-0.15, -0.1) is 5.10 Å². The number of anilines is 1. The number of amides is 1. The predicted octanol–water partition coefficient (Wildman–Crippen LogP) is 4.04. The second-order valence-corrected chi connectivity index (χ2v) is 10.6. The smallest absolute Gasteiger partial charge is 0.264 e. The van der Waals surface area contributed by atoms with Crippen molar-refractivity contribution in [2.24, 2.45) is 0 Å². The van der Waals surface area contributed by atoms with Gasteiger partial charge in [-0.3, -0.25) is 18.8 Å². The summed E-state index contributed by atoms with van der Waals surface area (Å²) in [6.45, 7) is 2.74. The Morgan fingerprint density at radius 2 is 1.88 bits per heavy atom. The highest BCUT2D eigenvalue weighted by Gasteiger charge is 2.24. The fraction of sp³-hybridized carbons (Fsp3) is 0.182.